The Morgan fingerprint density at radius 1 is 1.37 bits per heavy atom. The second-order valence-corrected chi connectivity index (χ2v) is 7.49. The summed E-state index contributed by atoms with van der Waals surface area (Å²) in [4.78, 5) is 0. The van der Waals surface area contributed by atoms with Crippen LogP contribution in [0.4, 0.5) is 0 Å². The summed E-state index contributed by atoms with van der Waals surface area (Å²) in [5, 5.41) is 0. The Morgan fingerprint density at radius 3 is 2.42 bits per heavy atom. The van der Waals surface area contributed by atoms with E-state index in [0.717, 1.165) is 6.42 Å². The lowest BCUT2D eigenvalue weighted by Gasteiger charge is -2.34. The lowest BCUT2D eigenvalue weighted by Crippen LogP contribution is -2.49. The Labute approximate surface area is 123 Å². The highest BCUT2D eigenvalue weighted by atomic mass is 32.2. The van der Waals surface area contributed by atoms with Crippen molar-refractivity contribution in [3.8, 4) is 0 Å². The third-order valence-electron chi connectivity index (χ3n) is 5.45. The van der Waals surface area contributed by atoms with E-state index in [0.29, 0.717) is 22.9 Å². The van der Waals surface area contributed by atoms with E-state index >= 15 is 0 Å². The van der Waals surface area contributed by atoms with E-state index in [1.807, 2.05) is 11.8 Å². The predicted molar refractivity (Wildman–Crippen MR) is 88.1 cm³/mol. The summed E-state index contributed by atoms with van der Waals surface area (Å²) in [6.45, 7) is 11.0. The topological polar surface area (TPSA) is 52.0 Å². The predicted octanol–water partition coefficient (Wildman–Crippen LogP) is 3.76. The Kier molecular flexibility index (Phi) is 5.81. The molecule has 1 aliphatic rings. The number of hydrogen-bond donors (Lipinski definition) is 2. The summed E-state index contributed by atoms with van der Waals surface area (Å²) < 4.78 is 0. The summed E-state index contributed by atoms with van der Waals surface area (Å²) in [6, 6.07) is 0. The van der Waals surface area contributed by atoms with Crippen molar-refractivity contribution in [2.24, 2.45) is 28.7 Å². The Balaban J connectivity index is 2.99. The molecule has 0 amide bonds. The molecule has 2 nitrogen and oxygen atoms in total. The largest absolute Gasteiger partial charge is 0.401 e. The van der Waals surface area contributed by atoms with Gasteiger partial charge in [0.2, 0.25) is 0 Å². The quantitative estimate of drug-likeness (QED) is 0.700. The molecule has 1 rings (SSSR count). The Morgan fingerprint density at radius 2 is 2.00 bits per heavy atom. The van der Waals surface area contributed by atoms with E-state index in [1.165, 1.54) is 31.4 Å². The molecule has 4 atom stereocenters. The van der Waals surface area contributed by atoms with E-state index in [-0.39, 0.29) is 5.54 Å². The average Bonchev–Trinajstić information content (AvgIpc) is 2.59. The van der Waals surface area contributed by atoms with Gasteiger partial charge in [0.05, 0.1) is 5.54 Å². The van der Waals surface area contributed by atoms with Gasteiger partial charge in [0.25, 0.3) is 0 Å². The second kappa shape index (κ2) is 6.53. The molecule has 0 aromatic heterocycles. The molecule has 0 bridgehead atoms. The van der Waals surface area contributed by atoms with Crippen LogP contribution in [0.2, 0.25) is 0 Å². The van der Waals surface area contributed by atoms with Gasteiger partial charge in [-0.2, -0.15) is 11.8 Å². The zero-order valence-corrected chi connectivity index (χ0v) is 14.0. The smallest absolute Gasteiger partial charge is 0.0586 e. The number of rotatable bonds is 7. The van der Waals surface area contributed by atoms with Crippen LogP contribution in [0.15, 0.2) is 12.3 Å². The molecule has 1 aliphatic carbocycles. The van der Waals surface area contributed by atoms with Gasteiger partial charge in [-0.1, -0.05) is 40.2 Å². The van der Waals surface area contributed by atoms with Crippen molar-refractivity contribution < 1.29 is 0 Å². The van der Waals surface area contributed by atoms with Gasteiger partial charge in [0, 0.05) is 5.70 Å². The van der Waals surface area contributed by atoms with Crippen molar-refractivity contribution in [1.29, 1.82) is 0 Å². The molecule has 19 heavy (non-hydrogen) atoms. The zero-order chi connectivity index (χ0) is 14.7. The first-order valence-electron chi connectivity index (χ1n) is 7.58. The SMILES string of the molecule is C=C(N)C1(N)CC(C)(CC)C(CC)C1CCCSC. The van der Waals surface area contributed by atoms with Gasteiger partial charge in [-0.15, -0.1) is 0 Å². The van der Waals surface area contributed by atoms with Crippen LogP contribution in [-0.4, -0.2) is 17.5 Å². The van der Waals surface area contributed by atoms with E-state index < -0.39 is 0 Å². The molecule has 1 fully saturated rings. The highest BCUT2D eigenvalue weighted by Crippen LogP contribution is 2.57. The fraction of sp³-hybridized carbons (Fsp3) is 0.875. The van der Waals surface area contributed by atoms with Crippen molar-refractivity contribution in [3.05, 3.63) is 12.3 Å². The van der Waals surface area contributed by atoms with Crippen LogP contribution < -0.4 is 11.5 Å². The first-order valence-corrected chi connectivity index (χ1v) is 8.97. The van der Waals surface area contributed by atoms with Gasteiger partial charge in [-0.3, -0.25) is 0 Å². The van der Waals surface area contributed by atoms with Crippen molar-refractivity contribution in [2.75, 3.05) is 12.0 Å². The molecule has 0 radical (unpaired) electrons. The normalized spacial score (nSPS) is 38.6. The fourth-order valence-corrected chi connectivity index (χ4v) is 4.65. The van der Waals surface area contributed by atoms with Crippen LogP contribution in [0.1, 0.15) is 52.9 Å². The third kappa shape index (κ3) is 3.13. The summed E-state index contributed by atoms with van der Waals surface area (Å²) in [5.74, 6) is 2.37. The average molecular weight is 285 g/mol. The highest BCUT2D eigenvalue weighted by Gasteiger charge is 2.55. The van der Waals surface area contributed by atoms with E-state index in [2.05, 4.69) is 33.6 Å². The van der Waals surface area contributed by atoms with Gasteiger partial charge in [0.1, 0.15) is 0 Å². The van der Waals surface area contributed by atoms with Gasteiger partial charge < -0.3 is 11.5 Å². The van der Waals surface area contributed by atoms with Crippen molar-refractivity contribution in [2.45, 2.75) is 58.4 Å². The Bertz CT molecular complexity index is 318. The van der Waals surface area contributed by atoms with Crippen LogP contribution >= 0.6 is 11.8 Å². The lowest BCUT2D eigenvalue weighted by molar-refractivity contribution is 0.171. The zero-order valence-electron chi connectivity index (χ0n) is 13.2. The first kappa shape index (κ1) is 16.9. The minimum atomic E-state index is -0.357. The molecule has 1 saturated carbocycles. The lowest BCUT2D eigenvalue weighted by atomic mass is 9.72. The number of nitrogens with two attached hydrogens (primary N) is 2. The maximum absolute atomic E-state index is 6.71. The molecule has 3 heteroatoms. The molecule has 4 unspecified atom stereocenters. The number of thioether (sulfide) groups is 1. The third-order valence-corrected chi connectivity index (χ3v) is 6.14. The van der Waals surface area contributed by atoms with Crippen LogP contribution in [0.5, 0.6) is 0 Å². The van der Waals surface area contributed by atoms with Crippen molar-refractivity contribution >= 4 is 11.8 Å². The van der Waals surface area contributed by atoms with Gasteiger partial charge in [-0.05, 0) is 48.5 Å². The van der Waals surface area contributed by atoms with Crippen LogP contribution in [0, 0.1) is 17.3 Å². The van der Waals surface area contributed by atoms with Crippen molar-refractivity contribution in [3.63, 3.8) is 0 Å². The number of hydrogen-bond acceptors (Lipinski definition) is 3. The maximum atomic E-state index is 6.71. The van der Waals surface area contributed by atoms with Gasteiger partial charge >= 0.3 is 0 Å². The van der Waals surface area contributed by atoms with Crippen LogP contribution in [-0.2, 0) is 0 Å². The van der Waals surface area contributed by atoms with Crippen LogP contribution in [0.3, 0.4) is 0 Å². The molecule has 0 spiro atoms. The van der Waals surface area contributed by atoms with E-state index in [4.69, 9.17) is 11.5 Å². The van der Waals surface area contributed by atoms with Gasteiger partial charge in [0.15, 0.2) is 0 Å². The molecular weight excluding hydrogens is 252 g/mol. The Hall–Kier alpha value is -0.150. The minimum absolute atomic E-state index is 0.315. The first-order chi connectivity index (χ1) is 8.85. The fourth-order valence-electron chi connectivity index (χ4n) is 4.20. The molecule has 0 aromatic carbocycles. The summed E-state index contributed by atoms with van der Waals surface area (Å²) in [7, 11) is 0. The molecule has 0 heterocycles. The van der Waals surface area contributed by atoms with Crippen molar-refractivity contribution in [1.82, 2.24) is 0 Å². The van der Waals surface area contributed by atoms with E-state index in [1.54, 1.807) is 0 Å². The summed E-state index contributed by atoms with van der Waals surface area (Å²) in [5.41, 5.74) is 13.5. The standard InChI is InChI=1S/C16H32N2S/c1-6-13-14(9-8-10-19-5)16(18,12(3)17)11-15(13,4)7-2/h13-14H,3,6-11,17-18H2,1-2,4-5H3. The van der Waals surface area contributed by atoms with Gasteiger partial charge in [-0.25, -0.2) is 0 Å². The minimum Gasteiger partial charge on any atom is -0.401 e. The summed E-state index contributed by atoms with van der Waals surface area (Å²) >= 11 is 1.91. The second-order valence-electron chi connectivity index (χ2n) is 6.51. The maximum Gasteiger partial charge on any atom is 0.0586 e. The summed E-state index contributed by atoms with van der Waals surface area (Å²) in [6.07, 6.45) is 7.95. The monoisotopic (exact) mass is 284 g/mol. The molecule has 112 valence electrons. The molecule has 4 N–H and O–H groups in total. The highest BCUT2D eigenvalue weighted by molar-refractivity contribution is 7.98. The van der Waals surface area contributed by atoms with E-state index in [9.17, 15) is 0 Å². The van der Waals surface area contributed by atoms with Crippen LogP contribution in [0.25, 0.3) is 0 Å². The molecular formula is C16H32N2S. The molecule has 0 aliphatic heterocycles. The molecule has 0 saturated heterocycles. The molecule has 0 aromatic rings.